The highest BCUT2D eigenvalue weighted by molar-refractivity contribution is 5.80. The third kappa shape index (κ3) is 5.89. The molecular weight excluding hydrogens is 234 g/mol. The SMILES string of the molecule is CCCCOC(=O)N(CC)[C@@H](CC(C)C)C(=O)O. The average Bonchev–Trinajstić information content (AvgIpc) is 2.28. The first-order valence-electron chi connectivity index (χ1n) is 6.60. The monoisotopic (exact) mass is 259 g/mol. The fraction of sp³-hybridized carbons (Fsp3) is 0.846. The Morgan fingerprint density at radius 2 is 1.89 bits per heavy atom. The second-order valence-corrected chi connectivity index (χ2v) is 4.74. The van der Waals surface area contributed by atoms with Crippen molar-refractivity contribution in [3.8, 4) is 0 Å². The van der Waals surface area contributed by atoms with Gasteiger partial charge in [-0.05, 0) is 25.7 Å². The summed E-state index contributed by atoms with van der Waals surface area (Å²) in [5.74, 6) is -0.762. The molecule has 0 saturated carbocycles. The lowest BCUT2D eigenvalue weighted by Crippen LogP contribution is -2.46. The largest absolute Gasteiger partial charge is 0.480 e. The number of hydrogen-bond donors (Lipinski definition) is 1. The summed E-state index contributed by atoms with van der Waals surface area (Å²) in [6.07, 6.45) is 1.64. The van der Waals surface area contributed by atoms with Crippen molar-refractivity contribution < 1.29 is 19.4 Å². The van der Waals surface area contributed by atoms with Gasteiger partial charge in [0.15, 0.2) is 0 Å². The Hall–Kier alpha value is -1.26. The molecule has 0 aliphatic rings. The summed E-state index contributed by atoms with van der Waals surface area (Å²) in [6, 6.07) is -0.802. The molecule has 0 bridgehead atoms. The van der Waals surface area contributed by atoms with E-state index in [9.17, 15) is 14.7 Å². The van der Waals surface area contributed by atoms with E-state index in [1.165, 1.54) is 4.90 Å². The number of nitrogens with zero attached hydrogens (tertiary/aromatic N) is 1. The number of carbonyl (C=O) groups is 2. The van der Waals surface area contributed by atoms with Crippen LogP contribution in [0.15, 0.2) is 0 Å². The summed E-state index contributed by atoms with van der Waals surface area (Å²) in [5.41, 5.74) is 0. The van der Waals surface area contributed by atoms with Crippen LogP contribution in [0.4, 0.5) is 4.79 Å². The van der Waals surface area contributed by atoms with E-state index >= 15 is 0 Å². The van der Waals surface area contributed by atoms with Gasteiger partial charge >= 0.3 is 12.1 Å². The molecule has 0 saturated heterocycles. The number of unbranched alkanes of at least 4 members (excludes halogenated alkanes) is 1. The Balaban J connectivity index is 4.57. The molecule has 5 heteroatoms. The molecule has 0 aromatic carbocycles. The summed E-state index contributed by atoms with van der Waals surface area (Å²) in [5, 5.41) is 9.19. The number of carboxylic acid groups (broad SMARTS) is 1. The van der Waals surface area contributed by atoms with Crippen LogP contribution in [0.25, 0.3) is 0 Å². The number of aliphatic carboxylic acids is 1. The zero-order chi connectivity index (χ0) is 14.1. The smallest absolute Gasteiger partial charge is 0.410 e. The molecule has 0 spiro atoms. The highest BCUT2D eigenvalue weighted by Gasteiger charge is 2.30. The maximum Gasteiger partial charge on any atom is 0.410 e. The number of hydrogen-bond acceptors (Lipinski definition) is 3. The van der Waals surface area contributed by atoms with Crippen LogP contribution in [-0.2, 0) is 9.53 Å². The second-order valence-electron chi connectivity index (χ2n) is 4.74. The summed E-state index contributed by atoms with van der Waals surface area (Å²) < 4.78 is 5.07. The number of ether oxygens (including phenoxy) is 1. The van der Waals surface area contributed by atoms with Gasteiger partial charge in [0, 0.05) is 6.54 Å². The number of likely N-dealkylation sites (N-methyl/N-ethyl adjacent to an activating group) is 1. The predicted molar refractivity (Wildman–Crippen MR) is 69.5 cm³/mol. The molecule has 0 fully saturated rings. The molecule has 0 heterocycles. The van der Waals surface area contributed by atoms with E-state index in [1.54, 1.807) is 6.92 Å². The minimum atomic E-state index is -0.974. The minimum Gasteiger partial charge on any atom is -0.480 e. The maximum atomic E-state index is 11.8. The van der Waals surface area contributed by atoms with Crippen molar-refractivity contribution in [2.24, 2.45) is 5.92 Å². The first kappa shape index (κ1) is 16.7. The highest BCUT2D eigenvalue weighted by Crippen LogP contribution is 2.13. The molecule has 0 rings (SSSR count). The topological polar surface area (TPSA) is 66.8 Å². The highest BCUT2D eigenvalue weighted by atomic mass is 16.6. The van der Waals surface area contributed by atoms with Crippen LogP contribution in [0.5, 0.6) is 0 Å². The molecular formula is C13H25NO4. The van der Waals surface area contributed by atoms with E-state index in [2.05, 4.69) is 0 Å². The van der Waals surface area contributed by atoms with Gasteiger partial charge in [-0.2, -0.15) is 0 Å². The summed E-state index contributed by atoms with van der Waals surface area (Å²) in [7, 11) is 0. The molecule has 1 N–H and O–H groups in total. The summed E-state index contributed by atoms with van der Waals surface area (Å²) >= 11 is 0. The first-order chi connectivity index (χ1) is 8.43. The Labute approximate surface area is 109 Å². The normalized spacial score (nSPS) is 12.3. The van der Waals surface area contributed by atoms with Crippen LogP contribution in [-0.4, -0.2) is 41.3 Å². The molecule has 0 aliphatic carbocycles. The molecule has 5 nitrogen and oxygen atoms in total. The average molecular weight is 259 g/mol. The van der Waals surface area contributed by atoms with E-state index in [-0.39, 0.29) is 5.92 Å². The van der Waals surface area contributed by atoms with Crippen molar-refractivity contribution >= 4 is 12.1 Å². The Kier molecular flexibility index (Phi) is 8.16. The molecule has 106 valence electrons. The van der Waals surface area contributed by atoms with Crippen molar-refractivity contribution in [3.63, 3.8) is 0 Å². The lowest BCUT2D eigenvalue weighted by Gasteiger charge is -2.28. The first-order valence-corrected chi connectivity index (χ1v) is 6.60. The predicted octanol–water partition coefficient (Wildman–Crippen LogP) is 2.74. The molecule has 1 amide bonds. The van der Waals surface area contributed by atoms with E-state index < -0.39 is 18.1 Å². The van der Waals surface area contributed by atoms with Gasteiger partial charge in [0.05, 0.1) is 6.61 Å². The van der Waals surface area contributed by atoms with Gasteiger partial charge in [-0.15, -0.1) is 0 Å². The standard InChI is InChI=1S/C13H25NO4/c1-5-7-8-18-13(17)14(6-2)11(12(15)16)9-10(3)4/h10-11H,5-9H2,1-4H3,(H,15,16)/t11-/m0/s1. The fourth-order valence-electron chi connectivity index (χ4n) is 1.67. The number of carbonyl (C=O) groups excluding carboxylic acids is 1. The van der Waals surface area contributed by atoms with Crippen LogP contribution >= 0.6 is 0 Å². The van der Waals surface area contributed by atoms with Crippen LogP contribution in [0.1, 0.15) is 47.0 Å². The van der Waals surface area contributed by atoms with E-state index in [1.807, 2.05) is 20.8 Å². The Bertz CT molecular complexity index is 266. The lowest BCUT2D eigenvalue weighted by molar-refractivity contribution is -0.143. The molecule has 18 heavy (non-hydrogen) atoms. The molecule has 1 atom stereocenters. The van der Waals surface area contributed by atoms with Gasteiger partial charge in [0.25, 0.3) is 0 Å². The van der Waals surface area contributed by atoms with E-state index in [0.717, 1.165) is 12.8 Å². The molecule has 0 unspecified atom stereocenters. The zero-order valence-electron chi connectivity index (χ0n) is 11.8. The minimum absolute atomic E-state index is 0.212. The van der Waals surface area contributed by atoms with Crippen molar-refractivity contribution in [2.75, 3.05) is 13.2 Å². The van der Waals surface area contributed by atoms with Gasteiger partial charge in [-0.3, -0.25) is 4.90 Å². The molecule has 0 aromatic heterocycles. The second kappa shape index (κ2) is 8.78. The van der Waals surface area contributed by atoms with Crippen molar-refractivity contribution in [3.05, 3.63) is 0 Å². The van der Waals surface area contributed by atoms with Crippen LogP contribution in [0.2, 0.25) is 0 Å². The lowest BCUT2D eigenvalue weighted by atomic mass is 10.0. The third-order valence-electron chi connectivity index (χ3n) is 2.65. The van der Waals surface area contributed by atoms with Gasteiger partial charge in [-0.1, -0.05) is 27.2 Å². The van der Waals surface area contributed by atoms with E-state index in [4.69, 9.17) is 4.74 Å². The van der Waals surface area contributed by atoms with Crippen molar-refractivity contribution in [1.29, 1.82) is 0 Å². The molecule has 0 aromatic rings. The summed E-state index contributed by atoms with van der Waals surface area (Å²) in [4.78, 5) is 24.3. The van der Waals surface area contributed by atoms with Crippen LogP contribution < -0.4 is 0 Å². The summed E-state index contributed by atoms with van der Waals surface area (Å²) in [6.45, 7) is 8.33. The van der Waals surface area contributed by atoms with Crippen molar-refractivity contribution in [2.45, 2.75) is 53.0 Å². The quantitative estimate of drug-likeness (QED) is 0.681. The van der Waals surface area contributed by atoms with Crippen molar-refractivity contribution in [1.82, 2.24) is 4.90 Å². The maximum absolute atomic E-state index is 11.8. The molecule has 0 aliphatic heterocycles. The van der Waals surface area contributed by atoms with Gasteiger partial charge < -0.3 is 9.84 Å². The van der Waals surface area contributed by atoms with Crippen LogP contribution in [0, 0.1) is 5.92 Å². The zero-order valence-corrected chi connectivity index (χ0v) is 11.8. The third-order valence-corrected chi connectivity index (χ3v) is 2.65. The number of rotatable bonds is 8. The Morgan fingerprint density at radius 1 is 1.28 bits per heavy atom. The Morgan fingerprint density at radius 3 is 2.28 bits per heavy atom. The molecule has 0 radical (unpaired) electrons. The number of amides is 1. The van der Waals surface area contributed by atoms with Gasteiger partial charge in [0.1, 0.15) is 6.04 Å². The fourth-order valence-corrected chi connectivity index (χ4v) is 1.67. The van der Waals surface area contributed by atoms with E-state index in [0.29, 0.717) is 19.6 Å². The number of carboxylic acids is 1. The van der Waals surface area contributed by atoms with Gasteiger partial charge in [-0.25, -0.2) is 9.59 Å². The van der Waals surface area contributed by atoms with Gasteiger partial charge in [0.2, 0.25) is 0 Å². The van der Waals surface area contributed by atoms with Crippen LogP contribution in [0.3, 0.4) is 0 Å².